The normalized spacial score (nSPS) is 10.8. The van der Waals surface area contributed by atoms with Crippen molar-refractivity contribution in [3.63, 3.8) is 0 Å². The Bertz CT molecular complexity index is 533. The maximum atomic E-state index is 6.06. The van der Waals surface area contributed by atoms with Crippen LogP contribution in [0.15, 0.2) is 18.5 Å². The molecule has 15 heavy (non-hydrogen) atoms. The Morgan fingerprint density at radius 3 is 3.07 bits per heavy atom. The smallest absolute Gasteiger partial charge is 0.155 e. The van der Waals surface area contributed by atoms with E-state index in [4.69, 9.17) is 29.6 Å². The molecule has 0 atom stereocenters. The summed E-state index contributed by atoms with van der Waals surface area (Å²) in [5, 5.41) is 0.643. The van der Waals surface area contributed by atoms with Crippen LogP contribution in [0.25, 0.3) is 5.65 Å². The Morgan fingerprint density at radius 2 is 2.40 bits per heavy atom. The fourth-order valence-corrected chi connectivity index (χ4v) is 1.99. The van der Waals surface area contributed by atoms with Crippen molar-refractivity contribution in [1.82, 2.24) is 9.38 Å². The molecule has 2 rings (SSSR count). The number of rotatable bonds is 2. The molecule has 0 saturated carbocycles. The zero-order chi connectivity index (χ0) is 11.0. The summed E-state index contributed by atoms with van der Waals surface area (Å²) in [5.41, 5.74) is 8.29. The van der Waals surface area contributed by atoms with E-state index in [1.54, 1.807) is 6.20 Å². The first-order chi connectivity index (χ1) is 7.08. The summed E-state index contributed by atoms with van der Waals surface area (Å²) < 4.78 is 1.93. The summed E-state index contributed by atoms with van der Waals surface area (Å²) in [6, 6.07) is 1.88. The van der Waals surface area contributed by atoms with Gasteiger partial charge in [-0.2, -0.15) is 0 Å². The molecule has 3 nitrogen and oxygen atoms in total. The van der Waals surface area contributed by atoms with Crippen LogP contribution >= 0.6 is 23.8 Å². The van der Waals surface area contributed by atoms with Crippen molar-refractivity contribution in [3.05, 3.63) is 34.7 Å². The van der Waals surface area contributed by atoms with Crippen molar-refractivity contribution in [2.24, 2.45) is 5.73 Å². The molecule has 0 spiro atoms. The molecule has 2 aromatic rings. The lowest BCUT2D eigenvalue weighted by Gasteiger charge is -2.03. The number of halogens is 1. The van der Waals surface area contributed by atoms with E-state index in [0.717, 1.165) is 16.9 Å². The van der Waals surface area contributed by atoms with Crippen molar-refractivity contribution >= 4 is 34.5 Å². The van der Waals surface area contributed by atoms with E-state index in [1.165, 1.54) is 0 Å². The molecule has 2 N–H and O–H groups in total. The van der Waals surface area contributed by atoms with Gasteiger partial charge in [0.25, 0.3) is 0 Å². The van der Waals surface area contributed by atoms with Gasteiger partial charge in [0.2, 0.25) is 0 Å². The summed E-state index contributed by atoms with van der Waals surface area (Å²) in [7, 11) is 0. The largest absolute Gasteiger partial charge is 0.393 e. The lowest BCUT2D eigenvalue weighted by Crippen LogP contribution is -2.12. The van der Waals surface area contributed by atoms with E-state index in [1.807, 2.05) is 23.6 Å². The van der Waals surface area contributed by atoms with E-state index in [0.29, 0.717) is 16.4 Å². The molecule has 2 aromatic heterocycles. The van der Waals surface area contributed by atoms with E-state index < -0.39 is 0 Å². The predicted molar refractivity (Wildman–Crippen MR) is 65.4 cm³/mol. The number of aromatic nitrogens is 2. The van der Waals surface area contributed by atoms with Crippen molar-refractivity contribution in [3.8, 4) is 0 Å². The minimum Gasteiger partial charge on any atom is -0.393 e. The van der Waals surface area contributed by atoms with Crippen LogP contribution in [0.3, 0.4) is 0 Å². The number of thiocarbonyl (C=S) groups is 1. The van der Waals surface area contributed by atoms with Gasteiger partial charge in [-0.1, -0.05) is 23.8 Å². The van der Waals surface area contributed by atoms with Gasteiger partial charge in [-0.3, -0.25) is 0 Å². The molecule has 5 heteroatoms. The van der Waals surface area contributed by atoms with Crippen LogP contribution in [0.2, 0.25) is 5.02 Å². The molecule has 0 aliphatic heterocycles. The quantitative estimate of drug-likeness (QED) is 0.817. The van der Waals surface area contributed by atoms with Crippen LogP contribution in [0.1, 0.15) is 11.3 Å². The average molecular weight is 240 g/mol. The van der Waals surface area contributed by atoms with Crippen LogP contribution in [0.4, 0.5) is 0 Å². The van der Waals surface area contributed by atoms with E-state index in [-0.39, 0.29) is 0 Å². The lowest BCUT2D eigenvalue weighted by molar-refractivity contribution is 1.06. The summed E-state index contributed by atoms with van der Waals surface area (Å²) >= 11 is 10.9. The van der Waals surface area contributed by atoms with E-state index >= 15 is 0 Å². The number of nitrogens with two attached hydrogens (primary N) is 1. The Morgan fingerprint density at radius 1 is 1.67 bits per heavy atom. The molecule has 0 aliphatic carbocycles. The van der Waals surface area contributed by atoms with Crippen molar-refractivity contribution in [2.75, 3.05) is 0 Å². The average Bonchev–Trinajstić information content (AvgIpc) is 2.48. The van der Waals surface area contributed by atoms with Gasteiger partial charge in [-0.15, -0.1) is 0 Å². The summed E-state index contributed by atoms with van der Waals surface area (Å²) in [6.45, 7) is 1.98. The van der Waals surface area contributed by atoms with Crippen molar-refractivity contribution < 1.29 is 0 Å². The van der Waals surface area contributed by atoms with E-state index in [2.05, 4.69) is 4.98 Å². The standard InChI is InChI=1S/C10H10ClN3S/c1-6-2-8(11)10-13-4-7(3-9(12)15)14(10)5-6/h2,4-5H,3H2,1H3,(H2,12,15). The number of fused-ring (bicyclic) bond motifs is 1. The summed E-state index contributed by atoms with van der Waals surface area (Å²) in [4.78, 5) is 4.68. The maximum absolute atomic E-state index is 6.06. The van der Waals surface area contributed by atoms with Gasteiger partial charge in [0.1, 0.15) is 0 Å². The number of nitrogens with zero attached hydrogens (tertiary/aromatic N) is 2. The highest BCUT2D eigenvalue weighted by Crippen LogP contribution is 2.19. The van der Waals surface area contributed by atoms with Gasteiger partial charge in [-0.25, -0.2) is 4.98 Å². The number of pyridine rings is 1. The van der Waals surface area contributed by atoms with Crippen LogP contribution in [-0.4, -0.2) is 14.4 Å². The van der Waals surface area contributed by atoms with Gasteiger partial charge in [0.15, 0.2) is 5.65 Å². The monoisotopic (exact) mass is 239 g/mol. The topological polar surface area (TPSA) is 43.3 Å². The molecular weight excluding hydrogens is 230 g/mol. The molecule has 0 amide bonds. The molecule has 0 fully saturated rings. The summed E-state index contributed by atoms with van der Waals surface area (Å²) in [5.74, 6) is 0. The van der Waals surface area contributed by atoms with Gasteiger partial charge < -0.3 is 10.1 Å². The number of hydrogen-bond acceptors (Lipinski definition) is 2. The van der Waals surface area contributed by atoms with Crippen molar-refractivity contribution in [2.45, 2.75) is 13.3 Å². The summed E-state index contributed by atoms with van der Waals surface area (Å²) in [6.07, 6.45) is 4.26. The number of imidazole rings is 1. The minimum absolute atomic E-state index is 0.453. The number of aryl methyl sites for hydroxylation is 1. The third-order valence-electron chi connectivity index (χ3n) is 2.13. The molecule has 0 radical (unpaired) electrons. The highest BCUT2D eigenvalue weighted by Gasteiger charge is 2.07. The van der Waals surface area contributed by atoms with Crippen molar-refractivity contribution in [1.29, 1.82) is 0 Å². The Hall–Kier alpha value is -1.13. The van der Waals surface area contributed by atoms with Crippen LogP contribution in [0, 0.1) is 6.92 Å². The van der Waals surface area contributed by atoms with Gasteiger partial charge >= 0.3 is 0 Å². The number of hydrogen-bond donors (Lipinski definition) is 1. The fraction of sp³-hybridized carbons (Fsp3) is 0.200. The third kappa shape index (κ3) is 1.96. The van der Waals surface area contributed by atoms with E-state index in [9.17, 15) is 0 Å². The first kappa shape index (κ1) is 10.4. The van der Waals surface area contributed by atoms with Gasteiger partial charge in [0, 0.05) is 24.5 Å². The maximum Gasteiger partial charge on any atom is 0.155 e. The SMILES string of the molecule is Cc1cc(Cl)c2ncc(CC(N)=S)n2c1. The zero-order valence-electron chi connectivity index (χ0n) is 8.20. The molecule has 0 saturated heterocycles. The Labute approximate surface area is 97.9 Å². The third-order valence-corrected chi connectivity index (χ3v) is 2.55. The highest BCUT2D eigenvalue weighted by molar-refractivity contribution is 7.80. The molecular formula is C10H10ClN3S. The predicted octanol–water partition coefficient (Wildman–Crippen LogP) is 2.12. The second-order valence-electron chi connectivity index (χ2n) is 3.45. The second kappa shape index (κ2) is 3.79. The van der Waals surface area contributed by atoms with Gasteiger partial charge in [-0.05, 0) is 18.6 Å². The first-order valence-electron chi connectivity index (χ1n) is 4.48. The van der Waals surface area contributed by atoms with Crippen LogP contribution in [-0.2, 0) is 6.42 Å². The van der Waals surface area contributed by atoms with Crippen LogP contribution in [0.5, 0.6) is 0 Å². The molecule has 2 heterocycles. The zero-order valence-corrected chi connectivity index (χ0v) is 9.77. The molecule has 0 unspecified atom stereocenters. The van der Waals surface area contributed by atoms with Crippen LogP contribution < -0.4 is 5.73 Å². The Kier molecular flexibility index (Phi) is 2.63. The molecule has 0 aliphatic rings. The molecule has 0 bridgehead atoms. The first-order valence-corrected chi connectivity index (χ1v) is 5.27. The second-order valence-corrected chi connectivity index (χ2v) is 4.38. The highest BCUT2D eigenvalue weighted by atomic mass is 35.5. The minimum atomic E-state index is 0.453. The fourth-order valence-electron chi connectivity index (χ4n) is 1.53. The lowest BCUT2D eigenvalue weighted by atomic mass is 10.3. The Balaban J connectivity index is 2.63. The van der Waals surface area contributed by atoms with Gasteiger partial charge in [0.05, 0.1) is 10.0 Å². The molecule has 78 valence electrons. The molecule has 0 aromatic carbocycles.